The molecule has 2 aromatic heterocycles. The molecule has 2 heterocycles. The van der Waals surface area contributed by atoms with Crippen LogP contribution in [0, 0.1) is 13.8 Å². The second-order valence-corrected chi connectivity index (χ2v) is 6.14. The van der Waals surface area contributed by atoms with E-state index in [4.69, 9.17) is 16.0 Å². The molecule has 0 aliphatic rings. The number of rotatable bonds is 4. The van der Waals surface area contributed by atoms with Gasteiger partial charge in [-0.1, -0.05) is 11.6 Å². The van der Waals surface area contributed by atoms with Crippen LogP contribution in [-0.2, 0) is 6.54 Å². The summed E-state index contributed by atoms with van der Waals surface area (Å²) in [5.74, 6) is 1.49. The van der Waals surface area contributed by atoms with Gasteiger partial charge in [-0.05, 0) is 50.2 Å². The van der Waals surface area contributed by atoms with Crippen molar-refractivity contribution in [1.82, 2.24) is 14.7 Å². The first kappa shape index (κ1) is 16.3. The third-order valence-electron chi connectivity index (χ3n) is 3.85. The molecule has 5 nitrogen and oxygen atoms in total. The molecule has 0 bridgehead atoms. The Morgan fingerprint density at radius 2 is 1.92 bits per heavy atom. The van der Waals surface area contributed by atoms with Gasteiger partial charge in [-0.3, -0.25) is 4.79 Å². The molecule has 0 spiro atoms. The summed E-state index contributed by atoms with van der Waals surface area (Å²) >= 11 is 5.92. The zero-order valence-electron chi connectivity index (χ0n) is 13.8. The monoisotopic (exact) mass is 343 g/mol. The Kier molecular flexibility index (Phi) is 4.44. The Bertz CT molecular complexity index is 865. The summed E-state index contributed by atoms with van der Waals surface area (Å²) in [4.78, 5) is 14.3. The second-order valence-electron chi connectivity index (χ2n) is 5.71. The number of aryl methyl sites for hydroxylation is 1. The number of carbonyl (C=O) groups is 1. The minimum Gasteiger partial charge on any atom is -0.464 e. The highest BCUT2D eigenvalue weighted by molar-refractivity contribution is 6.30. The lowest BCUT2D eigenvalue weighted by Crippen LogP contribution is -2.26. The molecule has 0 saturated carbocycles. The highest BCUT2D eigenvalue weighted by Crippen LogP contribution is 2.18. The molecule has 0 atom stereocenters. The summed E-state index contributed by atoms with van der Waals surface area (Å²) in [6.07, 6.45) is 1.59. The van der Waals surface area contributed by atoms with E-state index < -0.39 is 0 Å². The number of aromatic nitrogens is 2. The summed E-state index contributed by atoms with van der Waals surface area (Å²) in [7, 11) is 1.75. The van der Waals surface area contributed by atoms with E-state index in [1.165, 1.54) is 0 Å². The molecule has 24 heavy (non-hydrogen) atoms. The van der Waals surface area contributed by atoms with Gasteiger partial charge in [0.05, 0.1) is 29.7 Å². The summed E-state index contributed by atoms with van der Waals surface area (Å²) < 4.78 is 7.26. The molecule has 1 amide bonds. The van der Waals surface area contributed by atoms with Crippen molar-refractivity contribution in [1.29, 1.82) is 0 Å². The lowest BCUT2D eigenvalue weighted by atomic mass is 10.2. The van der Waals surface area contributed by atoms with Crippen molar-refractivity contribution < 1.29 is 9.21 Å². The van der Waals surface area contributed by atoms with Gasteiger partial charge in [-0.25, -0.2) is 4.68 Å². The summed E-state index contributed by atoms with van der Waals surface area (Å²) in [5.41, 5.74) is 2.21. The molecule has 3 rings (SSSR count). The molecule has 124 valence electrons. The lowest BCUT2D eigenvalue weighted by molar-refractivity contribution is 0.0774. The first-order valence-corrected chi connectivity index (χ1v) is 7.95. The van der Waals surface area contributed by atoms with Gasteiger partial charge in [-0.15, -0.1) is 0 Å². The van der Waals surface area contributed by atoms with Crippen LogP contribution in [0.2, 0.25) is 5.02 Å². The molecular formula is C18H18ClN3O2. The van der Waals surface area contributed by atoms with Crippen LogP contribution in [0.25, 0.3) is 5.69 Å². The topological polar surface area (TPSA) is 51.3 Å². The standard InChI is InChI=1S/C18H18ClN3O2/c1-12-4-9-16(24-12)11-21(3)18(23)17-10-20-22(13(17)2)15-7-5-14(19)6-8-15/h4-10H,11H2,1-3H3. The van der Waals surface area contributed by atoms with Crippen molar-refractivity contribution in [2.24, 2.45) is 0 Å². The first-order chi connectivity index (χ1) is 11.5. The second kappa shape index (κ2) is 6.53. The number of benzene rings is 1. The lowest BCUT2D eigenvalue weighted by Gasteiger charge is -2.15. The quantitative estimate of drug-likeness (QED) is 0.719. The third-order valence-corrected chi connectivity index (χ3v) is 4.10. The normalized spacial score (nSPS) is 10.8. The average molecular weight is 344 g/mol. The van der Waals surface area contributed by atoms with Gasteiger partial charge in [0, 0.05) is 12.1 Å². The van der Waals surface area contributed by atoms with E-state index in [-0.39, 0.29) is 5.91 Å². The zero-order chi connectivity index (χ0) is 17.3. The number of hydrogen-bond donors (Lipinski definition) is 0. The number of hydrogen-bond acceptors (Lipinski definition) is 3. The predicted molar refractivity (Wildman–Crippen MR) is 92.6 cm³/mol. The van der Waals surface area contributed by atoms with E-state index in [0.29, 0.717) is 17.1 Å². The van der Waals surface area contributed by atoms with Crippen molar-refractivity contribution in [3.05, 3.63) is 70.4 Å². The Morgan fingerprint density at radius 3 is 2.54 bits per heavy atom. The molecule has 0 radical (unpaired) electrons. The van der Waals surface area contributed by atoms with Crippen molar-refractivity contribution >= 4 is 17.5 Å². The zero-order valence-corrected chi connectivity index (χ0v) is 14.5. The van der Waals surface area contributed by atoms with E-state index in [0.717, 1.165) is 22.9 Å². The summed E-state index contributed by atoms with van der Waals surface area (Å²) in [5, 5.41) is 4.99. The van der Waals surface area contributed by atoms with Gasteiger partial charge in [0.15, 0.2) is 0 Å². The van der Waals surface area contributed by atoms with Crippen LogP contribution in [-0.4, -0.2) is 27.6 Å². The van der Waals surface area contributed by atoms with Gasteiger partial charge in [0.1, 0.15) is 11.5 Å². The minimum absolute atomic E-state index is 0.0956. The molecule has 0 N–H and O–H groups in total. The number of halogens is 1. The molecular weight excluding hydrogens is 326 g/mol. The SMILES string of the molecule is Cc1ccc(CN(C)C(=O)c2cnn(-c3ccc(Cl)cc3)c2C)o1. The van der Waals surface area contributed by atoms with E-state index in [1.807, 2.05) is 38.1 Å². The number of amides is 1. The maximum atomic E-state index is 12.7. The maximum Gasteiger partial charge on any atom is 0.257 e. The largest absolute Gasteiger partial charge is 0.464 e. The molecule has 1 aromatic carbocycles. The average Bonchev–Trinajstić information content (AvgIpc) is 3.13. The van der Waals surface area contributed by atoms with Gasteiger partial charge in [-0.2, -0.15) is 5.10 Å². The van der Waals surface area contributed by atoms with Crippen LogP contribution < -0.4 is 0 Å². The predicted octanol–water partition coefficient (Wildman–Crippen LogP) is 4.01. The minimum atomic E-state index is -0.0956. The van der Waals surface area contributed by atoms with Gasteiger partial charge >= 0.3 is 0 Å². The van der Waals surface area contributed by atoms with Crippen molar-refractivity contribution in [3.8, 4) is 5.69 Å². The van der Waals surface area contributed by atoms with E-state index >= 15 is 0 Å². The number of carbonyl (C=O) groups excluding carboxylic acids is 1. The first-order valence-electron chi connectivity index (χ1n) is 7.57. The Labute approximate surface area is 145 Å². The molecule has 0 aliphatic carbocycles. The van der Waals surface area contributed by atoms with E-state index in [2.05, 4.69) is 5.10 Å². The van der Waals surface area contributed by atoms with E-state index in [1.54, 1.807) is 35.0 Å². The third kappa shape index (κ3) is 3.21. The van der Waals surface area contributed by atoms with Crippen LogP contribution >= 0.6 is 11.6 Å². The molecule has 0 unspecified atom stereocenters. The van der Waals surface area contributed by atoms with Crippen molar-refractivity contribution in [2.45, 2.75) is 20.4 Å². The summed E-state index contributed by atoms with van der Waals surface area (Å²) in [6, 6.07) is 11.1. The highest BCUT2D eigenvalue weighted by Gasteiger charge is 2.19. The van der Waals surface area contributed by atoms with Crippen molar-refractivity contribution in [2.75, 3.05) is 7.05 Å². The van der Waals surface area contributed by atoms with Crippen LogP contribution in [0.5, 0.6) is 0 Å². The summed E-state index contributed by atoms with van der Waals surface area (Å²) in [6.45, 7) is 4.17. The Morgan fingerprint density at radius 1 is 1.21 bits per heavy atom. The molecule has 3 aromatic rings. The Balaban J connectivity index is 1.81. The number of furan rings is 1. The maximum absolute atomic E-state index is 12.7. The fourth-order valence-electron chi connectivity index (χ4n) is 2.54. The van der Waals surface area contributed by atoms with Crippen molar-refractivity contribution in [3.63, 3.8) is 0 Å². The van der Waals surface area contributed by atoms with Crippen LogP contribution in [0.15, 0.2) is 47.0 Å². The van der Waals surface area contributed by atoms with Gasteiger partial charge < -0.3 is 9.32 Å². The Hall–Kier alpha value is -2.53. The smallest absolute Gasteiger partial charge is 0.257 e. The fraction of sp³-hybridized carbons (Fsp3) is 0.222. The number of nitrogens with zero attached hydrogens (tertiary/aromatic N) is 3. The van der Waals surface area contributed by atoms with Crippen LogP contribution in [0.3, 0.4) is 0 Å². The van der Waals surface area contributed by atoms with Crippen LogP contribution in [0.1, 0.15) is 27.6 Å². The fourth-order valence-corrected chi connectivity index (χ4v) is 2.67. The van der Waals surface area contributed by atoms with Crippen LogP contribution in [0.4, 0.5) is 0 Å². The molecule has 0 aliphatic heterocycles. The highest BCUT2D eigenvalue weighted by atomic mass is 35.5. The molecule has 0 saturated heterocycles. The van der Waals surface area contributed by atoms with Gasteiger partial charge in [0.2, 0.25) is 0 Å². The molecule has 6 heteroatoms. The molecule has 0 fully saturated rings. The van der Waals surface area contributed by atoms with E-state index in [9.17, 15) is 4.79 Å². The van der Waals surface area contributed by atoms with Gasteiger partial charge in [0.25, 0.3) is 5.91 Å².